The van der Waals surface area contributed by atoms with Gasteiger partial charge in [-0.1, -0.05) is 6.92 Å². The van der Waals surface area contributed by atoms with Crippen LogP contribution in [0.15, 0.2) is 18.3 Å². The molecule has 0 spiro atoms. The second-order valence-electron chi connectivity index (χ2n) is 5.90. The number of hydrogen-bond donors (Lipinski definition) is 1. The molecule has 1 aliphatic heterocycles. The zero-order valence-corrected chi connectivity index (χ0v) is 13.1. The molecule has 2 rings (SSSR count). The van der Waals surface area contributed by atoms with Crippen molar-refractivity contribution in [3.63, 3.8) is 0 Å². The van der Waals surface area contributed by atoms with Gasteiger partial charge in [-0.2, -0.15) is 0 Å². The van der Waals surface area contributed by atoms with Gasteiger partial charge in [-0.05, 0) is 45.5 Å². The summed E-state index contributed by atoms with van der Waals surface area (Å²) in [6.07, 6.45) is 4.31. The molecule has 1 atom stereocenters. The third kappa shape index (κ3) is 4.46. The minimum absolute atomic E-state index is 0.594. The molecule has 4 nitrogen and oxygen atoms in total. The van der Waals surface area contributed by atoms with Crippen LogP contribution < -0.4 is 5.32 Å². The van der Waals surface area contributed by atoms with Gasteiger partial charge in [0.25, 0.3) is 0 Å². The number of likely N-dealkylation sites (N-methyl/N-ethyl adjacent to an activating group) is 1. The Hall–Kier alpha value is -1.13. The first-order valence-electron chi connectivity index (χ1n) is 7.80. The zero-order valence-electron chi connectivity index (χ0n) is 13.1. The molecule has 20 heavy (non-hydrogen) atoms. The van der Waals surface area contributed by atoms with Gasteiger partial charge in [-0.15, -0.1) is 0 Å². The molecule has 1 unspecified atom stereocenters. The van der Waals surface area contributed by atoms with E-state index in [0.29, 0.717) is 6.04 Å². The van der Waals surface area contributed by atoms with Crippen LogP contribution in [0.2, 0.25) is 0 Å². The number of nitrogens with one attached hydrogen (secondary N) is 1. The first-order chi connectivity index (χ1) is 9.69. The maximum Gasteiger partial charge on any atom is 0.0564 e. The molecule has 4 heteroatoms. The molecule has 1 aromatic heterocycles. The fourth-order valence-corrected chi connectivity index (χ4v) is 2.81. The highest BCUT2D eigenvalue weighted by Crippen LogP contribution is 2.14. The molecule has 1 saturated heterocycles. The van der Waals surface area contributed by atoms with E-state index in [9.17, 15) is 0 Å². The van der Waals surface area contributed by atoms with Gasteiger partial charge in [0.2, 0.25) is 0 Å². The van der Waals surface area contributed by atoms with Crippen molar-refractivity contribution < 1.29 is 0 Å². The van der Waals surface area contributed by atoms with Crippen LogP contribution in [-0.4, -0.2) is 54.1 Å². The fraction of sp³-hybridized carbons (Fsp3) is 0.688. The van der Waals surface area contributed by atoms with Gasteiger partial charge in [0.05, 0.1) is 5.69 Å². The zero-order chi connectivity index (χ0) is 14.4. The van der Waals surface area contributed by atoms with E-state index in [0.717, 1.165) is 26.1 Å². The van der Waals surface area contributed by atoms with Crippen LogP contribution in [0.5, 0.6) is 0 Å². The highest BCUT2D eigenvalue weighted by atomic mass is 15.2. The Balaban J connectivity index is 1.97. The minimum atomic E-state index is 0.594. The molecule has 1 fully saturated rings. The van der Waals surface area contributed by atoms with E-state index in [2.05, 4.69) is 53.1 Å². The molecule has 0 aliphatic carbocycles. The highest BCUT2D eigenvalue weighted by molar-refractivity contribution is 5.43. The summed E-state index contributed by atoms with van der Waals surface area (Å²) in [7, 11) is 2.22. The molecular weight excluding hydrogens is 248 g/mol. The predicted molar refractivity (Wildman–Crippen MR) is 85.0 cm³/mol. The predicted octanol–water partition coefficient (Wildman–Crippen LogP) is 2.43. The average Bonchev–Trinajstić information content (AvgIpc) is 2.59. The summed E-state index contributed by atoms with van der Waals surface area (Å²) in [5.41, 5.74) is 2.36. The molecule has 0 aromatic carbocycles. The van der Waals surface area contributed by atoms with Gasteiger partial charge in [0.15, 0.2) is 0 Å². The van der Waals surface area contributed by atoms with Gasteiger partial charge in [0.1, 0.15) is 0 Å². The lowest BCUT2D eigenvalue weighted by Crippen LogP contribution is -2.37. The van der Waals surface area contributed by atoms with Crippen LogP contribution in [-0.2, 0) is 6.54 Å². The molecule has 1 aromatic rings. The van der Waals surface area contributed by atoms with Crippen molar-refractivity contribution in [1.82, 2.24) is 14.8 Å². The van der Waals surface area contributed by atoms with Crippen molar-refractivity contribution in [1.29, 1.82) is 0 Å². The maximum atomic E-state index is 4.53. The van der Waals surface area contributed by atoms with Crippen molar-refractivity contribution in [2.24, 2.45) is 0 Å². The normalized spacial score (nSPS) is 21.6. The highest BCUT2D eigenvalue weighted by Gasteiger charge is 2.19. The Bertz CT molecular complexity index is 407. The van der Waals surface area contributed by atoms with Gasteiger partial charge in [0, 0.05) is 44.1 Å². The number of hydrogen-bond acceptors (Lipinski definition) is 4. The lowest BCUT2D eigenvalue weighted by atomic mass is 10.2. The molecule has 0 amide bonds. The standard InChI is InChI=1S/C16H28N4/c1-4-7-17-15-6-8-18-16(11-15)13-20-10-5-9-19(3)12-14(20)2/h6,8,11,14H,4-5,7,9-10,12-13H2,1-3H3,(H,17,18). The van der Waals surface area contributed by atoms with Crippen molar-refractivity contribution in [2.45, 2.75) is 39.3 Å². The van der Waals surface area contributed by atoms with Crippen LogP contribution in [0.25, 0.3) is 0 Å². The van der Waals surface area contributed by atoms with E-state index in [4.69, 9.17) is 0 Å². The molecule has 2 heterocycles. The van der Waals surface area contributed by atoms with Crippen LogP contribution >= 0.6 is 0 Å². The Kier molecular flexibility index (Phi) is 5.80. The number of anilines is 1. The Morgan fingerprint density at radius 3 is 3.05 bits per heavy atom. The lowest BCUT2D eigenvalue weighted by molar-refractivity contribution is 0.192. The van der Waals surface area contributed by atoms with Gasteiger partial charge < -0.3 is 10.2 Å². The minimum Gasteiger partial charge on any atom is -0.385 e. The van der Waals surface area contributed by atoms with Crippen LogP contribution in [0.4, 0.5) is 5.69 Å². The number of rotatable bonds is 5. The van der Waals surface area contributed by atoms with E-state index in [1.807, 2.05) is 6.20 Å². The first-order valence-corrected chi connectivity index (χ1v) is 7.80. The quantitative estimate of drug-likeness (QED) is 0.895. The van der Waals surface area contributed by atoms with E-state index >= 15 is 0 Å². The third-order valence-corrected chi connectivity index (χ3v) is 3.95. The molecule has 0 saturated carbocycles. The topological polar surface area (TPSA) is 31.4 Å². The summed E-state index contributed by atoms with van der Waals surface area (Å²) in [4.78, 5) is 9.51. The van der Waals surface area contributed by atoms with Gasteiger partial charge in [-0.25, -0.2) is 0 Å². The molecular formula is C16H28N4. The Morgan fingerprint density at radius 1 is 1.40 bits per heavy atom. The van der Waals surface area contributed by atoms with E-state index in [1.165, 1.54) is 30.9 Å². The summed E-state index contributed by atoms with van der Waals surface area (Å²) >= 11 is 0. The van der Waals surface area contributed by atoms with E-state index in [-0.39, 0.29) is 0 Å². The Labute approximate surface area is 123 Å². The molecule has 112 valence electrons. The first kappa shape index (κ1) is 15.3. The maximum absolute atomic E-state index is 4.53. The van der Waals surface area contributed by atoms with Crippen molar-refractivity contribution in [3.05, 3.63) is 24.0 Å². The van der Waals surface area contributed by atoms with E-state index in [1.54, 1.807) is 0 Å². The third-order valence-electron chi connectivity index (χ3n) is 3.95. The summed E-state index contributed by atoms with van der Waals surface area (Å²) in [5, 5.41) is 3.44. The van der Waals surface area contributed by atoms with Crippen LogP contribution in [0.3, 0.4) is 0 Å². The smallest absolute Gasteiger partial charge is 0.0564 e. The molecule has 0 radical (unpaired) electrons. The monoisotopic (exact) mass is 276 g/mol. The van der Waals surface area contributed by atoms with Crippen molar-refractivity contribution >= 4 is 5.69 Å². The number of pyridine rings is 1. The number of nitrogens with zero attached hydrogens (tertiary/aromatic N) is 3. The molecule has 0 bridgehead atoms. The van der Waals surface area contributed by atoms with E-state index < -0.39 is 0 Å². The fourth-order valence-electron chi connectivity index (χ4n) is 2.81. The number of aromatic nitrogens is 1. The second kappa shape index (κ2) is 7.60. The molecule has 1 N–H and O–H groups in total. The van der Waals surface area contributed by atoms with Crippen LogP contribution in [0.1, 0.15) is 32.4 Å². The SMILES string of the molecule is CCCNc1ccnc(CN2CCCN(C)CC2C)c1. The average molecular weight is 276 g/mol. The Morgan fingerprint density at radius 2 is 2.25 bits per heavy atom. The summed E-state index contributed by atoms with van der Waals surface area (Å²) in [5.74, 6) is 0. The largest absolute Gasteiger partial charge is 0.385 e. The van der Waals surface area contributed by atoms with Gasteiger partial charge in [-0.3, -0.25) is 9.88 Å². The summed E-state index contributed by atoms with van der Waals surface area (Å²) in [6, 6.07) is 4.84. The molecule has 1 aliphatic rings. The summed E-state index contributed by atoms with van der Waals surface area (Å²) in [6.45, 7) is 10.00. The van der Waals surface area contributed by atoms with Crippen molar-refractivity contribution in [3.8, 4) is 0 Å². The second-order valence-corrected chi connectivity index (χ2v) is 5.90. The lowest BCUT2D eigenvalue weighted by Gasteiger charge is -2.27. The van der Waals surface area contributed by atoms with Gasteiger partial charge >= 0.3 is 0 Å². The van der Waals surface area contributed by atoms with Crippen LogP contribution in [0, 0.1) is 0 Å². The summed E-state index contributed by atoms with van der Waals surface area (Å²) < 4.78 is 0. The van der Waals surface area contributed by atoms with Crippen molar-refractivity contribution in [2.75, 3.05) is 38.5 Å².